The first-order chi connectivity index (χ1) is 9.04. The van der Waals surface area contributed by atoms with E-state index in [0.717, 1.165) is 19.5 Å². The van der Waals surface area contributed by atoms with E-state index in [9.17, 15) is 4.79 Å². The highest BCUT2D eigenvalue weighted by atomic mass is 35.5. The molecule has 4 nitrogen and oxygen atoms in total. The first-order valence-electron chi connectivity index (χ1n) is 7.77. The smallest absolute Gasteiger partial charge is 0.220 e. The molecule has 2 rings (SSSR count). The summed E-state index contributed by atoms with van der Waals surface area (Å²) in [6.45, 7) is 6.05. The molecular formula is C15H31Cl2N3O. The molecule has 2 fully saturated rings. The van der Waals surface area contributed by atoms with Crippen LogP contribution in [0.2, 0.25) is 0 Å². The maximum Gasteiger partial charge on any atom is 0.220 e. The lowest BCUT2D eigenvalue weighted by Crippen LogP contribution is -2.40. The zero-order valence-corrected chi connectivity index (χ0v) is 15.1. The van der Waals surface area contributed by atoms with Gasteiger partial charge >= 0.3 is 0 Å². The number of halogens is 2. The van der Waals surface area contributed by atoms with Gasteiger partial charge in [-0.05, 0) is 52.5 Å². The van der Waals surface area contributed by atoms with Crippen molar-refractivity contribution in [1.82, 2.24) is 15.5 Å². The Kier molecular flexibility index (Phi) is 9.87. The zero-order chi connectivity index (χ0) is 13.8. The Balaban J connectivity index is 0.00000200. The lowest BCUT2D eigenvalue weighted by molar-refractivity contribution is -0.122. The average Bonchev–Trinajstić information content (AvgIpc) is 2.68. The molecule has 2 aliphatic rings. The standard InChI is InChI=1S/C15H29N3O.2ClH/c1-11(2)18(3)7-6-16-15(19)10-12-8-13-4-5-14(9-12)17-13;;/h11-14,17H,4-10H2,1-3H3,(H,16,19);2*1H. The molecule has 126 valence electrons. The van der Waals surface area contributed by atoms with E-state index in [4.69, 9.17) is 0 Å². The van der Waals surface area contributed by atoms with Crippen LogP contribution in [0.25, 0.3) is 0 Å². The second kappa shape index (κ2) is 9.88. The Bertz CT molecular complexity index is 303. The summed E-state index contributed by atoms with van der Waals surface area (Å²) >= 11 is 0. The minimum Gasteiger partial charge on any atom is -0.355 e. The number of fused-ring (bicyclic) bond motifs is 2. The van der Waals surface area contributed by atoms with Gasteiger partial charge in [-0.15, -0.1) is 24.8 Å². The van der Waals surface area contributed by atoms with E-state index < -0.39 is 0 Å². The van der Waals surface area contributed by atoms with Crippen molar-refractivity contribution in [1.29, 1.82) is 0 Å². The molecule has 0 aromatic rings. The lowest BCUT2D eigenvalue weighted by Gasteiger charge is -2.28. The van der Waals surface area contributed by atoms with Crippen LogP contribution in [-0.2, 0) is 4.79 Å². The minimum atomic E-state index is 0. The highest BCUT2D eigenvalue weighted by Crippen LogP contribution is 2.32. The molecule has 2 aliphatic heterocycles. The summed E-state index contributed by atoms with van der Waals surface area (Å²) in [6.07, 6.45) is 5.72. The van der Waals surface area contributed by atoms with Crippen molar-refractivity contribution >= 4 is 30.7 Å². The Hall–Kier alpha value is -0.0300. The Morgan fingerprint density at radius 1 is 1.24 bits per heavy atom. The van der Waals surface area contributed by atoms with Crippen LogP contribution in [0.1, 0.15) is 46.0 Å². The molecule has 0 saturated carbocycles. The summed E-state index contributed by atoms with van der Waals surface area (Å²) in [7, 11) is 2.10. The minimum absolute atomic E-state index is 0. The van der Waals surface area contributed by atoms with Crippen LogP contribution < -0.4 is 10.6 Å². The summed E-state index contributed by atoms with van der Waals surface area (Å²) in [5.74, 6) is 0.838. The Morgan fingerprint density at radius 3 is 2.33 bits per heavy atom. The normalized spacial score (nSPS) is 27.2. The van der Waals surface area contributed by atoms with Crippen LogP contribution in [0, 0.1) is 5.92 Å². The molecule has 1 amide bonds. The van der Waals surface area contributed by atoms with E-state index in [0.29, 0.717) is 24.0 Å². The van der Waals surface area contributed by atoms with Gasteiger partial charge in [0.2, 0.25) is 5.91 Å². The van der Waals surface area contributed by atoms with E-state index in [1.165, 1.54) is 25.7 Å². The topological polar surface area (TPSA) is 44.4 Å². The number of carbonyl (C=O) groups is 1. The first kappa shape index (κ1) is 21.0. The zero-order valence-electron chi connectivity index (χ0n) is 13.4. The number of amides is 1. The van der Waals surface area contributed by atoms with Crippen LogP contribution in [0.3, 0.4) is 0 Å². The monoisotopic (exact) mass is 339 g/mol. The van der Waals surface area contributed by atoms with E-state index in [1.54, 1.807) is 0 Å². The maximum absolute atomic E-state index is 11.9. The summed E-state index contributed by atoms with van der Waals surface area (Å²) < 4.78 is 0. The molecule has 0 radical (unpaired) electrons. The molecule has 2 N–H and O–H groups in total. The van der Waals surface area contributed by atoms with Gasteiger partial charge in [0.1, 0.15) is 0 Å². The number of likely N-dealkylation sites (N-methyl/N-ethyl adjacent to an activating group) is 1. The van der Waals surface area contributed by atoms with Gasteiger partial charge in [-0.1, -0.05) is 0 Å². The third-order valence-corrected chi connectivity index (χ3v) is 4.71. The van der Waals surface area contributed by atoms with Crippen molar-refractivity contribution in [2.24, 2.45) is 5.92 Å². The van der Waals surface area contributed by atoms with Crippen LogP contribution in [0.5, 0.6) is 0 Å². The van der Waals surface area contributed by atoms with Crippen molar-refractivity contribution in [3.05, 3.63) is 0 Å². The number of piperidine rings is 1. The van der Waals surface area contributed by atoms with Crippen molar-refractivity contribution in [3.63, 3.8) is 0 Å². The third kappa shape index (κ3) is 6.72. The number of rotatable bonds is 6. The van der Waals surface area contributed by atoms with Gasteiger partial charge in [-0.3, -0.25) is 4.79 Å². The summed E-state index contributed by atoms with van der Waals surface area (Å²) in [5, 5.41) is 6.69. The van der Waals surface area contributed by atoms with Crippen molar-refractivity contribution in [2.45, 2.75) is 64.1 Å². The molecule has 2 saturated heterocycles. The molecule has 2 unspecified atom stereocenters. The van der Waals surface area contributed by atoms with Crippen molar-refractivity contribution in [2.75, 3.05) is 20.1 Å². The molecule has 2 heterocycles. The molecule has 0 aromatic carbocycles. The second-order valence-electron chi connectivity index (χ2n) is 6.60. The molecule has 0 aromatic heterocycles. The van der Waals surface area contributed by atoms with Crippen LogP contribution in [0.4, 0.5) is 0 Å². The fourth-order valence-electron chi connectivity index (χ4n) is 3.31. The maximum atomic E-state index is 11.9. The van der Waals surface area contributed by atoms with E-state index >= 15 is 0 Å². The summed E-state index contributed by atoms with van der Waals surface area (Å²) in [6, 6.07) is 1.91. The molecular weight excluding hydrogens is 309 g/mol. The molecule has 0 spiro atoms. The van der Waals surface area contributed by atoms with Crippen LogP contribution in [-0.4, -0.2) is 49.1 Å². The van der Waals surface area contributed by atoms with E-state index in [2.05, 4.69) is 36.4 Å². The van der Waals surface area contributed by atoms with Crippen LogP contribution in [0.15, 0.2) is 0 Å². The van der Waals surface area contributed by atoms with Gasteiger partial charge in [-0.2, -0.15) is 0 Å². The molecule has 6 heteroatoms. The van der Waals surface area contributed by atoms with Gasteiger partial charge in [0, 0.05) is 37.6 Å². The van der Waals surface area contributed by atoms with Crippen LogP contribution >= 0.6 is 24.8 Å². The van der Waals surface area contributed by atoms with E-state index in [-0.39, 0.29) is 30.7 Å². The van der Waals surface area contributed by atoms with Gasteiger partial charge in [-0.25, -0.2) is 0 Å². The average molecular weight is 340 g/mol. The third-order valence-electron chi connectivity index (χ3n) is 4.71. The number of hydrogen-bond acceptors (Lipinski definition) is 3. The SMILES string of the molecule is CC(C)N(C)CCNC(=O)CC1CC2CCC(C1)N2.Cl.Cl. The van der Waals surface area contributed by atoms with Gasteiger partial charge < -0.3 is 15.5 Å². The van der Waals surface area contributed by atoms with Gasteiger partial charge in [0.25, 0.3) is 0 Å². The largest absolute Gasteiger partial charge is 0.355 e. The second-order valence-corrected chi connectivity index (χ2v) is 6.60. The predicted molar refractivity (Wildman–Crippen MR) is 92.6 cm³/mol. The Morgan fingerprint density at radius 2 is 1.81 bits per heavy atom. The fourth-order valence-corrected chi connectivity index (χ4v) is 3.31. The first-order valence-corrected chi connectivity index (χ1v) is 7.77. The molecule has 21 heavy (non-hydrogen) atoms. The highest BCUT2D eigenvalue weighted by molar-refractivity contribution is 5.85. The Labute approximate surface area is 141 Å². The number of carbonyl (C=O) groups excluding carboxylic acids is 1. The predicted octanol–water partition coefficient (Wildman–Crippen LogP) is 2.21. The van der Waals surface area contributed by atoms with Crippen molar-refractivity contribution < 1.29 is 4.79 Å². The van der Waals surface area contributed by atoms with Gasteiger partial charge in [0.05, 0.1) is 0 Å². The quantitative estimate of drug-likeness (QED) is 0.779. The summed E-state index contributed by atoms with van der Waals surface area (Å²) in [5.41, 5.74) is 0. The lowest BCUT2D eigenvalue weighted by atomic mass is 9.89. The van der Waals surface area contributed by atoms with Gasteiger partial charge in [0.15, 0.2) is 0 Å². The number of nitrogens with zero attached hydrogens (tertiary/aromatic N) is 1. The molecule has 2 bridgehead atoms. The highest BCUT2D eigenvalue weighted by Gasteiger charge is 2.34. The van der Waals surface area contributed by atoms with Crippen molar-refractivity contribution in [3.8, 4) is 0 Å². The number of hydrogen-bond donors (Lipinski definition) is 2. The number of nitrogens with one attached hydrogen (secondary N) is 2. The molecule has 0 aliphatic carbocycles. The summed E-state index contributed by atoms with van der Waals surface area (Å²) in [4.78, 5) is 14.2. The van der Waals surface area contributed by atoms with E-state index in [1.807, 2.05) is 0 Å². The fraction of sp³-hybridized carbons (Fsp3) is 0.933. The molecule has 2 atom stereocenters.